The summed E-state index contributed by atoms with van der Waals surface area (Å²) >= 11 is 6.14. The molecule has 0 aliphatic heterocycles. The fourth-order valence-electron chi connectivity index (χ4n) is 1.57. The van der Waals surface area contributed by atoms with Crippen LogP contribution in [0.25, 0.3) is 0 Å². The van der Waals surface area contributed by atoms with Crippen LogP contribution in [0.15, 0.2) is 12.1 Å². The van der Waals surface area contributed by atoms with E-state index in [-0.39, 0.29) is 0 Å². The Kier molecular flexibility index (Phi) is 4.40. The molecule has 1 aromatic rings. The molecule has 1 N–H and O–H groups in total. The Bertz CT molecular complexity index is 427. The van der Waals surface area contributed by atoms with E-state index in [0.717, 1.165) is 5.56 Å². The number of ether oxygens (including phenoxy) is 1. The van der Waals surface area contributed by atoms with Crippen molar-refractivity contribution in [1.29, 1.82) is 0 Å². The highest BCUT2D eigenvalue weighted by Gasteiger charge is 2.21. The van der Waals surface area contributed by atoms with Gasteiger partial charge < -0.3 is 9.84 Å². The molecule has 0 fully saturated rings. The molecule has 4 heteroatoms. The normalized spacial score (nSPS) is 12.6. The Hall–Kier alpha value is -1.22. The maximum Gasteiger partial charge on any atom is 0.310 e. The van der Waals surface area contributed by atoms with Gasteiger partial charge in [0.15, 0.2) is 0 Å². The van der Waals surface area contributed by atoms with Gasteiger partial charge in [0.1, 0.15) is 5.75 Å². The summed E-state index contributed by atoms with van der Waals surface area (Å²) in [4.78, 5) is 11.0. The first kappa shape index (κ1) is 13.8. The molecule has 0 amide bonds. The second kappa shape index (κ2) is 5.41. The van der Waals surface area contributed by atoms with Crippen LogP contribution >= 0.6 is 11.6 Å². The van der Waals surface area contributed by atoms with E-state index in [9.17, 15) is 4.79 Å². The second-order valence-electron chi connectivity index (χ2n) is 4.34. The third-order valence-corrected chi connectivity index (χ3v) is 3.22. The number of benzene rings is 1. The van der Waals surface area contributed by atoms with Crippen molar-refractivity contribution in [2.24, 2.45) is 0 Å². The Morgan fingerprint density at radius 2 is 1.94 bits per heavy atom. The van der Waals surface area contributed by atoms with E-state index in [0.29, 0.717) is 22.3 Å². The molecule has 0 spiro atoms. The minimum Gasteiger partial charge on any atom is -0.495 e. The van der Waals surface area contributed by atoms with Crippen LogP contribution in [-0.2, 0) is 4.79 Å². The van der Waals surface area contributed by atoms with Gasteiger partial charge in [0, 0.05) is 0 Å². The molecule has 1 unspecified atom stereocenters. The van der Waals surface area contributed by atoms with Gasteiger partial charge in [0.2, 0.25) is 0 Å². The maximum absolute atomic E-state index is 11.0. The smallest absolute Gasteiger partial charge is 0.310 e. The summed E-state index contributed by atoms with van der Waals surface area (Å²) in [5, 5.41) is 9.43. The van der Waals surface area contributed by atoms with Crippen LogP contribution in [-0.4, -0.2) is 18.2 Å². The van der Waals surface area contributed by atoms with Crippen LogP contribution in [0.5, 0.6) is 5.75 Å². The van der Waals surface area contributed by atoms with Gasteiger partial charge in [-0.25, -0.2) is 0 Å². The van der Waals surface area contributed by atoms with Gasteiger partial charge in [-0.3, -0.25) is 4.79 Å². The first-order chi connectivity index (χ1) is 7.88. The minimum absolute atomic E-state index is 0.293. The van der Waals surface area contributed by atoms with Gasteiger partial charge in [0.25, 0.3) is 0 Å². The summed E-state index contributed by atoms with van der Waals surface area (Å²) in [5.41, 5.74) is 1.62. The van der Waals surface area contributed by atoms with Crippen LogP contribution in [0.3, 0.4) is 0 Å². The number of hydrogen-bond donors (Lipinski definition) is 1. The maximum atomic E-state index is 11.0. The predicted molar refractivity (Wildman–Crippen MR) is 68.1 cm³/mol. The standard InChI is InChI=1S/C13H17ClO3/c1-7(2)9-5-10(8(3)13(15)16)12(14)11(6-9)17-4/h5-8H,1-4H3,(H,15,16). The van der Waals surface area contributed by atoms with E-state index < -0.39 is 11.9 Å². The van der Waals surface area contributed by atoms with E-state index in [4.69, 9.17) is 21.4 Å². The van der Waals surface area contributed by atoms with Crippen LogP contribution in [0.2, 0.25) is 5.02 Å². The molecular formula is C13H17ClO3. The highest BCUT2D eigenvalue weighted by molar-refractivity contribution is 6.33. The predicted octanol–water partition coefficient (Wildman–Crippen LogP) is 3.66. The van der Waals surface area contributed by atoms with E-state index in [1.165, 1.54) is 7.11 Å². The van der Waals surface area contributed by atoms with Crippen molar-refractivity contribution >= 4 is 17.6 Å². The first-order valence-corrected chi connectivity index (χ1v) is 5.86. The van der Waals surface area contributed by atoms with Crippen molar-refractivity contribution in [2.75, 3.05) is 7.11 Å². The third kappa shape index (κ3) is 2.91. The van der Waals surface area contributed by atoms with Crippen molar-refractivity contribution in [2.45, 2.75) is 32.6 Å². The molecular weight excluding hydrogens is 240 g/mol. The van der Waals surface area contributed by atoms with E-state index in [1.807, 2.05) is 26.0 Å². The molecule has 0 saturated heterocycles. The highest BCUT2D eigenvalue weighted by atomic mass is 35.5. The van der Waals surface area contributed by atoms with Gasteiger partial charge >= 0.3 is 5.97 Å². The zero-order valence-electron chi connectivity index (χ0n) is 10.5. The first-order valence-electron chi connectivity index (χ1n) is 5.48. The molecule has 0 saturated carbocycles. The van der Waals surface area contributed by atoms with Gasteiger partial charge in [-0.2, -0.15) is 0 Å². The Labute approximate surface area is 106 Å². The quantitative estimate of drug-likeness (QED) is 0.894. The highest BCUT2D eigenvalue weighted by Crippen LogP contribution is 2.36. The van der Waals surface area contributed by atoms with E-state index in [2.05, 4.69) is 0 Å². The minimum atomic E-state index is -0.894. The number of rotatable bonds is 4. The summed E-state index contributed by atoms with van der Waals surface area (Å²) < 4.78 is 5.18. The van der Waals surface area contributed by atoms with Crippen molar-refractivity contribution < 1.29 is 14.6 Å². The van der Waals surface area contributed by atoms with Crippen LogP contribution in [0, 0.1) is 0 Å². The van der Waals surface area contributed by atoms with E-state index in [1.54, 1.807) is 6.92 Å². The van der Waals surface area contributed by atoms with Crippen molar-refractivity contribution in [3.63, 3.8) is 0 Å². The lowest BCUT2D eigenvalue weighted by Crippen LogP contribution is -2.09. The van der Waals surface area contributed by atoms with Gasteiger partial charge in [-0.1, -0.05) is 31.5 Å². The zero-order valence-corrected chi connectivity index (χ0v) is 11.2. The Balaban J connectivity index is 3.37. The number of carboxylic acids is 1. The SMILES string of the molecule is COc1cc(C(C)C)cc(C(C)C(=O)O)c1Cl. The molecule has 0 heterocycles. The summed E-state index contributed by atoms with van der Waals surface area (Å²) in [6.07, 6.45) is 0. The average molecular weight is 257 g/mol. The number of hydrogen-bond acceptors (Lipinski definition) is 2. The van der Waals surface area contributed by atoms with Crippen LogP contribution in [0.1, 0.15) is 43.7 Å². The molecule has 0 aromatic heterocycles. The molecule has 94 valence electrons. The lowest BCUT2D eigenvalue weighted by Gasteiger charge is -2.16. The lowest BCUT2D eigenvalue weighted by molar-refractivity contribution is -0.138. The van der Waals surface area contributed by atoms with Gasteiger partial charge in [-0.15, -0.1) is 0 Å². The largest absolute Gasteiger partial charge is 0.495 e. The number of carbonyl (C=O) groups is 1. The van der Waals surface area contributed by atoms with Gasteiger partial charge in [0.05, 0.1) is 18.1 Å². The third-order valence-electron chi connectivity index (χ3n) is 2.81. The Morgan fingerprint density at radius 3 is 2.35 bits per heavy atom. The van der Waals surface area contributed by atoms with Crippen molar-refractivity contribution in [3.8, 4) is 5.75 Å². The topological polar surface area (TPSA) is 46.5 Å². The molecule has 1 rings (SSSR count). The molecule has 1 atom stereocenters. The molecule has 1 aromatic carbocycles. The fourth-order valence-corrected chi connectivity index (χ4v) is 1.92. The lowest BCUT2D eigenvalue weighted by atomic mass is 9.94. The molecule has 0 aliphatic rings. The number of halogens is 1. The number of carboxylic acid groups (broad SMARTS) is 1. The number of methoxy groups -OCH3 is 1. The summed E-state index contributed by atoms with van der Waals surface area (Å²) in [5.74, 6) is -0.716. The summed E-state index contributed by atoms with van der Waals surface area (Å²) in [6, 6.07) is 3.69. The van der Waals surface area contributed by atoms with Gasteiger partial charge in [-0.05, 0) is 30.0 Å². The van der Waals surface area contributed by atoms with Crippen LogP contribution in [0.4, 0.5) is 0 Å². The van der Waals surface area contributed by atoms with Crippen LogP contribution < -0.4 is 4.74 Å². The molecule has 0 radical (unpaired) electrons. The van der Waals surface area contributed by atoms with Crippen molar-refractivity contribution in [3.05, 3.63) is 28.3 Å². The average Bonchev–Trinajstić information content (AvgIpc) is 2.27. The monoisotopic (exact) mass is 256 g/mol. The zero-order chi connectivity index (χ0) is 13.2. The molecule has 3 nitrogen and oxygen atoms in total. The summed E-state index contributed by atoms with van der Waals surface area (Å²) in [7, 11) is 1.53. The number of aliphatic carboxylic acids is 1. The molecule has 0 aliphatic carbocycles. The molecule has 17 heavy (non-hydrogen) atoms. The second-order valence-corrected chi connectivity index (χ2v) is 4.72. The summed E-state index contributed by atoms with van der Waals surface area (Å²) in [6.45, 7) is 5.70. The fraction of sp³-hybridized carbons (Fsp3) is 0.462. The van der Waals surface area contributed by atoms with Crippen molar-refractivity contribution in [1.82, 2.24) is 0 Å². The Morgan fingerprint density at radius 1 is 1.35 bits per heavy atom. The van der Waals surface area contributed by atoms with E-state index >= 15 is 0 Å². The molecule has 0 bridgehead atoms.